The fraction of sp³-hybridized carbons (Fsp3) is 0.125. The molecule has 1 N–H and O–H groups in total. The van der Waals surface area contributed by atoms with Crippen LogP contribution in [0.5, 0.6) is 17.2 Å². The van der Waals surface area contributed by atoms with Crippen LogP contribution in [0.4, 0.5) is 0 Å². The molecule has 0 saturated carbocycles. The molecule has 7 heteroatoms. The van der Waals surface area contributed by atoms with Crippen molar-refractivity contribution in [2.45, 2.75) is 0 Å². The quantitative estimate of drug-likeness (QED) is 0.645. The third kappa shape index (κ3) is 4.62. The van der Waals surface area contributed by atoms with E-state index in [-0.39, 0.29) is 22.9 Å². The third-order valence-electron chi connectivity index (χ3n) is 2.81. The van der Waals surface area contributed by atoms with Crippen LogP contribution in [0.25, 0.3) is 0 Å². The van der Waals surface area contributed by atoms with Crippen LogP contribution in [-0.4, -0.2) is 30.8 Å². The number of esters is 1. The number of halogens is 1. The van der Waals surface area contributed by atoms with Crippen LogP contribution in [-0.2, 0) is 4.79 Å². The number of hydrogen-bond acceptors (Lipinski definition) is 5. The maximum absolute atomic E-state index is 11.8. The Hall–Kier alpha value is -2.73. The molecular weight excluding hydrogens is 324 g/mol. The minimum Gasteiger partial charge on any atom is -0.497 e. The minimum absolute atomic E-state index is 0.0924. The van der Waals surface area contributed by atoms with Gasteiger partial charge in [0.05, 0.1) is 7.11 Å². The van der Waals surface area contributed by atoms with Crippen LogP contribution in [0.2, 0.25) is 5.02 Å². The second kappa shape index (κ2) is 7.51. The van der Waals surface area contributed by atoms with Gasteiger partial charge in [-0.3, -0.25) is 0 Å². The molecule has 0 spiro atoms. The van der Waals surface area contributed by atoms with E-state index in [1.165, 1.54) is 18.2 Å². The molecule has 0 unspecified atom stereocenters. The molecule has 0 aliphatic rings. The molecule has 0 fully saturated rings. The lowest BCUT2D eigenvalue weighted by Crippen LogP contribution is -2.19. The highest BCUT2D eigenvalue weighted by Gasteiger charge is 2.15. The molecule has 2 aromatic rings. The molecule has 0 bridgehead atoms. The lowest BCUT2D eigenvalue weighted by Gasteiger charge is -2.09. The van der Waals surface area contributed by atoms with Gasteiger partial charge in [0.25, 0.3) is 0 Å². The van der Waals surface area contributed by atoms with Crippen molar-refractivity contribution >= 4 is 23.5 Å². The van der Waals surface area contributed by atoms with Crippen LogP contribution < -0.4 is 14.2 Å². The minimum atomic E-state index is -1.24. The van der Waals surface area contributed by atoms with Crippen LogP contribution in [0.1, 0.15) is 10.4 Å². The molecule has 0 aromatic heterocycles. The van der Waals surface area contributed by atoms with Gasteiger partial charge in [0.2, 0.25) is 0 Å². The number of methoxy groups -OCH3 is 1. The Morgan fingerprint density at radius 2 is 1.74 bits per heavy atom. The van der Waals surface area contributed by atoms with Gasteiger partial charge >= 0.3 is 11.9 Å². The normalized spacial score (nSPS) is 10.0. The van der Waals surface area contributed by atoms with E-state index < -0.39 is 11.9 Å². The highest BCUT2D eigenvalue weighted by atomic mass is 35.5. The van der Waals surface area contributed by atoms with E-state index in [4.69, 9.17) is 30.9 Å². The van der Waals surface area contributed by atoms with Crippen LogP contribution in [0.3, 0.4) is 0 Å². The average molecular weight is 337 g/mol. The fourth-order valence-corrected chi connectivity index (χ4v) is 1.90. The van der Waals surface area contributed by atoms with Gasteiger partial charge in [0.1, 0.15) is 22.8 Å². The summed E-state index contributed by atoms with van der Waals surface area (Å²) >= 11 is 5.72. The first-order valence-corrected chi connectivity index (χ1v) is 6.88. The van der Waals surface area contributed by atoms with Crippen LogP contribution >= 0.6 is 11.6 Å². The first-order chi connectivity index (χ1) is 11.0. The zero-order valence-corrected chi connectivity index (χ0v) is 12.9. The fourth-order valence-electron chi connectivity index (χ4n) is 1.72. The summed E-state index contributed by atoms with van der Waals surface area (Å²) in [5.41, 5.74) is -0.199. The zero-order valence-electron chi connectivity index (χ0n) is 12.1. The Morgan fingerprint density at radius 3 is 2.35 bits per heavy atom. The van der Waals surface area contributed by atoms with Gasteiger partial charge in [-0.25, -0.2) is 9.59 Å². The van der Waals surface area contributed by atoms with Gasteiger partial charge in [0.15, 0.2) is 6.61 Å². The Labute approximate surface area is 137 Å². The lowest BCUT2D eigenvalue weighted by atomic mass is 10.2. The molecule has 0 saturated heterocycles. The lowest BCUT2D eigenvalue weighted by molar-refractivity contribution is -0.136. The van der Waals surface area contributed by atoms with Gasteiger partial charge in [-0.05, 0) is 42.5 Å². The number of aromatic carboxylic acids is 1. The largest absolute Gasteiger partial charge is 0.497 e. The maximum Gasteiger partial charge on any atom is 0.349 e. The van der Waals surface area contributed by atoms with E-state index in [1.54, 1.807) is 31.4 Å². The van der Waals surface area contributed by atoms with Gasteiger partial charge < -0.3 is 19.3 Å². The third-order valence-corrected chi connectivity index (χ3v) is 3.05. The molecule has 0 radical (unpaired) electrons. The highest BCUT2D eigenvalue weighted by molar-refractivity contribution is 6.31. The smallest absolute Gasteiger partial charge is 0.349 e. The number of carboxylic acids is 1. The predicted octanol–water partition coefficient (Wildman–Crippen LogP) is 3.03. The Balaban J connectivity index is 1.98. The molecule has 2 rings (SSSR count). The van der Waals surface area contributed by atoms with Crippen LogP contribution in [0, 0.1) is 0 Å². The van der Waals surface area contributed by atoms with Gasteiger partial charge in [-0.1, -0.05) is 11.6 Å². The summed E-state index contributed by atoms with van der Waals surface area (Å²) in [4.78, 5) is 22.9. The monoisotopic (exact) mass is 336 g/mol. The number of benzene rings is 2. The summed E-state index contributed by atoms with van der Waals surface area (Å²) in [5, 5.41) is 9.30. The molecule has 0 aliphatic heterocycles. The number of carboxylic acid groups (broad SMARTS) is 1. The maximum atomic E-state index is 11.8. The summed E-state index contributed by atoms with van der Waals surface area (Å²) < 4.78 is 15.3. The van der Waals surface area contributed by atoms with E-state index >= 15 is 0 Å². The number of hydrogen-bond donors (Lipinski definition) is 1. The van der Waals surface area contributed by atoms with Crippen molar-refractivity contribution in [1.29, 1.82) is 0 Å². The van der Waals surface area contributed by atoms with Gasteiger partial charge in [-0.15, -0.1) is 0 Å². The summed E-state index contributed by atoms with van der Waals surface area (Å²) in [7, 11) is 1.54. The first kappa shape index (κ1) is 16.6. The second-order valence-corrected chi connectivity index (χ2v) is 4.82. The van der Waals surface area contributed by atoms with Crippen LogP contribution in [0.15, 0.2) is 42.5 Å². The molecule has 120 valence electrons. The summed E-state index contributed by atoms with van der Waals surface area (Å²) in [6.07, 6.45) is 0. The molecular formula is C16H13ClO6. The number of carbonyl (C=O) groups excluding carboxylic acids is 1. The standard InChI is InChI=1S/C16H13ClO6/c1-21-11-3-5-12(6-4-11)22-9-15(18)23-14-7-2-10(17)8-13(14)16(19)20/h2-8H,9H2,1H3,(H,19,20). The SMILES string of the molecule is COc1ccc(OCC(=O)Oc2ccc(Cl)cc2C(=O)O)cc1. The highest BCUT2D eigenvalue weighted by Crippen LogP contribution is 2.23. The van der Waals surface area contributed by atoms with Crippen molar-refractivity contribution in [2.24, 2.45) is 0 Å². The number of ether oxygens (including phenoxy) is 3. The molecule has 2 aromatic carbocycles. The van der Waals surface area contributed by atoms with Crippen molar-refractivity contribution in [1.82, 2.24) is 0 Å². The predicted molar refractivity (Wildman–Crippen MR) is 82.5 cm³/mol. The topological polar surface area (TPSA) is 82.1 Å². The van der Waals surface area contributed by atoms with E-state index in [2.05, 4.69) is 0 Å². The summed E-state index contributed by atoms with van der Waals surface area (Å²) in [6.45, 7) is -0.367. The number of rotatable bonds is 6. The Kier molecular flexibility index (Phi) is 5.43. The average Bonchev–Trinajstić information content (AvgIpc) is 2.55. The molecule has 6 nitrogen and oxygen atoms in total. The molecule has 23 heavy (non-hydrogen) atoms. The molecule has 0 atom stereocenters. The summed E-state index contributed by atoms with van der Waals surface area (Å²) in [6, 6.07) is 10.6. The van der Waals surface area contributed by atoms with E-state index in [1.807, 2.05) is 0 Å². The molecule has 0 aliphatic carbocycles. The van der Waals surface area contributed by atoms with Gasteiger partial charge in [-0.2, -0.15) is 0 Å². The van der Waals surface area contributed by atoms with Crippen molar-refractivity contribution in [2.75, 3.05) is 13.7 Å². The Bertz CT molecular complexity index is 711. The van der Waals surface area contributed by atoms with E-state index in [0.29, 0.717) is 11.5 Å². The Morgan fingerprint density at radius 1 is 1.09 bits per heavy atom. The van der Waals surface area contributed by atoms with E-state index in [0.717, 1.165) is 0 Å². The van der Waals surface area contributed by atoms with Crippen molar-refractivity contribution in [3.8, 4) is 17.2 Å². The molecule has 0 amide bonds. The van der Waals surface area contributed by atoms with Crippen molar-refractivity contribution in [3.63, 3.8) is 0 Å². The van der Waals surface area contributed by atoms with E-state index in [9.17, 15) is 9.59 Å². The summed E-state index contributed by atoms with van der Waals surface area (Å²) in [5.74, 6) is -0.952. The van der Waals surface area contributed by atoms with Crippen molar-refractivity contribution < 1.29 is 28.9 Å². The second-order valence-electron chi connectivity index (χ2n) is 4.38. The zero-order chi connectivity index (χ0) is 16.8. The number of carbonyl (C=O) groups is 2. The van der Waals surface area contributed by atoms with Crippen molar-refractivity contribution in [3.05, 3.63) is 53.1 Å². The van der Waals surface area contributed by atoms with Gasteiger partial charge in [0, 0.05) is 5.02 Å². The molecule has 0 heterocycles. The first-order valence-electron chi connectivity index (χ1n) is 6.50.